The Balaban J connectivity index is 2.02. The monoisotopic (exact) mass is 253 g/mol. The van der Waals surface area contributed by atoms with E-state index < -0.39 is 5.91 Å². The Morgan fingerprint density at radius 1 is 1.59 bits per heavy atom. The molecule has 2 amide bonds. The molecule has 1 atom stereocenters. The van der Waals surface area contributed by atoms with Crippen molar-refractivity contribution in [3.63, 3.8) is 0 Å². The van der Waals surface area contributed by atoms with Gasteiger partial charge in [-0.15, -0.1) is 11.3 Å². The molecule has 2 rings (SSSR count). The number of anilines is 1. The van der Waals surface area contributed by atoms with E-state index in [2.05, 4.69) is 10.6 Å². The molecule has 6 heteroatoms. The summed E-state index contributed by atoms with van der Waals surface area (Å²) >= 11 is 1.31. The van der Waals surface area contributed by atoms with Crippen LogP contribution in [0.4, 0.5) is 5.00 Å². The van der Waals surface area contributed by atoms with Crippen molar-refractivity contribution in [1.29, 1.82) is 0 Å². The number of carbonyl (C=O) groups excluding carboxylic acids is 2. The number of nitrogens with one attached hydrogen (secondary N) is 2. The summed E-state index contributed by atoms with van der Waals surface area (Å²) in [7, 11) is 0. The number of amides is 2. The topological polar surface area (TPSA) is 84.2 Å². The third-order valence-corrected chi connectivity index (χ3v) is 3.93. The van der Waals surface area contributed by atoms with Crippen LogP contribution >= 0.6 is 11.3 Å². The first-order valence-electron chi connectivity index (χ1n) is 5.48. The maximum atomic E-state index is 11.9. The highest BCUT2D eigenvalue weighted by molar-refractivity contribution is 7.14. The van der Waals surface area contributed by atoms with Gasteiger partial charge in [-0.1, -0.05) is 6.92 Å². The van der Waals surface area contributed by atoms with E-state index in [4.69, 9.17) is 5.73 Å². The number of primary amides is 1. The normalized spacial score (nSPS) is 17.2. The van der Waals surface area contributed by atoms with Crippen LogP contribution in [0.25, 0.3) is 0 Å². The highest BCUT2D eigenvalue weighted by Crippen LogP contribution is 2.25. The van der Waals surface area contributed by atoms with Gasteiger partial charge < -0.3 is 16.4 Å². The highest BCUT2D eigenvalue weighted by atomic mass is 32.1. The standard InChI is InChI=1S/C11H15N3O2S/c1-6(7-4-13-5-7)10(16)14-11-8(9(12)15)2-3-17-11/h2-3,6-7,13H,4-5H2,1H3,(H2,12,15)(H,14,16). The molecule has 1 aliphatic heterocycles. The van der Waals surface area contributed by atoms with Crippen LogP contribution in [0, 0.1) is 11.8 Å². The van der Waals surface area contributed by atoms with Crippen molar-refractivity contribution in [3.8, 4) is 0 Å². The van der Waals surface area contributed by atoms with Crippen molar-refractivity contribution >= 4 is 28.2 Å². The van der Waals surface area contributed by atoms with Crippen molar-refractivity contribution in [3.05, 3.63) is 17.0 Å². The Morgan fingerprint density at radius 3 is 2.82 bits per heavy atom. The Labute approximate surface area is 103 Å². The Bertz CT molecular complexity index is 440. The van der Waals surface area contributed by atoms with Crippen molar-refractivity contribution in [1.82, 2.24) is 5.32 Å². The molecular weight excluding hydrogens is 238 g/mol. The van der Waals surface area contributed by atoms with Gasteiger partial charge in [-0.25, -0.2) is 0 Å². The van der Waals surface area contributed by atoms with Crippen LogP contribution in [0.3, 0.4) is 0 Å². The molecule has 1 aromatic rings. The summed E-state index contributed by atoms with van der Waals surface area (Å²) in [6.07, 6.45) is 0. The van der Waals surface area contributed by atoms with Gasteiger partial charge in [0.1, 0.15) is 5.00 Å². The van der Waals surface area contributed by atoms with Crippen molar-refractivity contribution in [2.75, 3.05) is 18.4 Å². The average Bonchev–Trinajstić information content (AvgIpc) is 2.62. The molecule has 5 nitrogen and oxygen atoms in total. The van der Waals surface area contributed by atoms with Crippen molar-refractivity contribution < 1.29 is 9.59 Å². The van der Waals surface area contributed by atoms with Gasteiger partial charge in [0.15, 0.2) is 0 Å². The molecule has 0 radical (unpaired) electrons. The Morgan fingerprint density at radius 2 is 2.29 bits per heavy atom. The lowest BCUT2D eigenvalue weighted by Crippen LogP contribution is -2.48. The fraction of sp³-hybridized carbons (Fsp3) is 0.455. The predicted molar refractivity (Wildman–Crippen MR) is 67.0 cm³/mol. The molecule has 0 saturated carbocycles. The first-order valence-corrected chi connectivity index (χ1v) is 6.36. The van der Waals surface area contributed by atoms with E-state index in [1.54, 1.807) is 11.4 Å². The zero-order valence-electron chi connectivity index (χ0n) is 9.53. The summed E-state index contributed by atoms with van der Waals surface area (Å²) in [6, 6.07) is 1.62. The first kappa shape index (κ1) is 12.1. The lowest BCUT2D eigenvalue weighted by atomic mass is 9.88. The molecular formula is C11H15N3O2S. The van der Waals surface area contributed by atoms with Gasteiger partial charge in [0.25, 0.3) is 5.91 Å². The largest absolute Gasteiger partial charge is 0.366 e. The quantitative estimate of drug-likeness (QED) is 0.736. The number of carbonyl (C=O) groups is 2. The minimum atomic E-state index is -0.514. The third kappa shape index (κ3) is 2.48. The minimum absolute atomic E-state index is 0.0542. The summed E-state index contributed by atoms with van der Waals surface area (Å²) in [5.74, 6) is -0.243. The van der Waals surface area contributed by atoms with Gasteiger partial charge >= 0.3 is 0 Å². The van der Waals surface area contributed by atoms with Gasteiger partial charge in [-0.3, -0.25) is 9.59 Å². The number of nitrogens with two attached hydrogens (primary N) is 1. The second-order valence-corrected chi connectivity index (χ2v) is 5.14. The predicted octanol–water partition coefficient (Wildman–Crippen LogP) is 0.641. The maximum Gasteiger partial charge on any atom is 0.251 e. The van der Waals surface area contributed by atoms with E-state index in [0.717, 1.165) is 13.1 Å². The first-order chi connectivity index (χ1) is 8.09. The van der Waals surface area contributed by atoms with E-state index in [-0.39, 0.29) is 11.8 Å². The lowest BCUT2D eigenvalue weighted by molar-refractivity contribution is -0.121. The molecule has 0 bridgehead atoms. The molecule has 2 heterocycles. The average molecular weight is 253 g/mol. The fourth-order valence-corrected chi connectivity index (χ4v) is 2.50. The number of rotatable bonds is 4. The van der Waals surface area contributed by atoms with Crippen LogP contribution in [0.2, 0.25) is 0 Å². The van der Waals surface area contributed by atoms with Gasteiger partial charge in [-0.05, 0) is 30.5 Å². The molecule has 0 aliphatic carbocycles. The minimum Gasteiger partial charge on any atom is -0.366 e. The molecule has 1 saturated heterocycles. The number of hydrogen-bond donors (Lipinski definition) is 3. The van der Waals surface area contributed by atoms with E-state index in [0.29, 0.717) is 16.5 Å². The van der Waals surface area contributed by atoms with Crippen LogP contribution in [-0.2, 0) is 4.79 Å². The van der Waals surface area contributed by atoms with E-state index in [9.17, 15) is 9.59 Å². The van der Waals surface area contributed by atoms with Gasteiger partial charge in [-0.2, -0.15) is 0 Å². The summed E-state index contributed by atoms with van der Waals surface area (Å²) in [5, 5.41) is 8.19. The summed E-state index contributed by atoms with van der Waals surface area (Å²) in [4.78, 5) is 23.0. The Hall–Kier alpha value is -1.40. The zero-order valence-corrected chi connectivity index (χ0v) is 10.3. The lowest BCUT2D eigenvalue weighted by Gasteiger charge is -2.31. The summed E-state index contributed by atoms with van der Waals surface area (Å²) < 4.78 is 0. The molecule has 17 heavy (non-hydrogen) atoms. The number of hydrogen-bond acceptors (Lipinski definition) is 4. The third-order valence-electron chi connectivity index (χ3n) is 3.10. The van der Waals surface area contributed by atoms with Crippen LogP contribution in [0.15, 0.2) is 11.4 Å². The van der Waals surface area contributed by atoms with Gasteiger partial charge in [0.2, 0.25) is 5.91 Å². The zero-order chi connectivity index (χ0) is 12.4. The van der Waals surface area contributed by atoms with Gasteiger partial charge in [0, 0.05) is 5.92 Å². The maximum absolute atomic E-state index is 11.9. The van der Waals surface area contributed by atoms with Crippen LogP contribution in [0.1, 0.15) is 17.3 Å². The van der Waals surface area contributed by atoms with Crippen molar-refractivity contribution in [2.45, 2.75) is 6.92 Å². The van der Waals surface area contributed by atoms with E-state index in [1.807, 2.05) is 6.92 Å². The second kappa shape index (κ2) is 4.85. The molecule has 0 spiro atoms. The van der Waals surface area contributed by atoms with Crippen LogP contribution < -0.4 is 16.4 Å². The molecule has 92 valence electrons. The fourth-order valence-electron chi connectivity index (χ4n) is 1.70. The second-order valence-electron chi connectivity index (χ2n) is 4.22. The molecule has 4 N–H and O–H groups in total. The number of thiophene rings is 1. The molecule has 1 aromatic heterocycles. The van der Waals surface area contributed by atoms with Crippen molar-refractivity contribution in [2.24, 2.45) is 17.6 Å². The molecule has 1 fully saturated rings. The van der Waals surface area contributed by atoms with Gasteiger partial charge in [0.05, 0.1) is 5.56 Å². The Kier molecular flexibility index (Phi) is 3.44. The molecule has 1 aliphatic rings. The van der Waals surface area contributed by atoms with Crippen LogP contribution in [0.5, 0.6) is 0 Å². The summed E-state index contributed by atoms with van der Waals surface area (Å²) in [6.45, 7) is 3.65. The van der Waals surface area contributed by atoms with E-state index in [1.165, 1.54) is 11.3 Å². The summed E-state index contributed by atoms with van der Waals surface area (Å²) in [5.41, 5.74) is 5.59. The van der Waals surface area contributed by atoms with Crippen LogP contribution in [-0.4, -0.2) is 24.9 Å². The SMILES string of the molecule is CC(C(=O)Nc1sccc1C(N)=O)C1CNC1. The molecule has 0 aromatic carbocycles. The highest BCUT2D eigenvalue weighted by Gasteiger charge is 2.29. The smallest absolute Gasteiger partial charge is 0.251 e. The van der Waals surface area contributed by atoms with E-state index >= 15 is 0 Å². The molecule has 1 unspecified atom stereocenters.